The van der Waals surface area contributed by atoms with Gasteiger partial charge >= 0.3 is 17.9 Å². The van der Waals surface area contributed by atoms with Gasteiger partial charge < -0.3 is 14.2 Å². The first-order chi connectivity index (χ1) is 32.5. The van der Waals surface area contributed by atoms with Crippen LogP contribution >= 0.6 is 0 Å². The highest BCUT2D eigenvalue weighted by atomic mass is 16.6. The lowest BCUT2D eigenvalue weighted by atomic mass is 10.0. The lowest BCUT2D eigenvalue weighted by molar-refractivity contribution is -0.167. The zero-order chi connectivity index (χ0) is 47.9. The highest BCUT2D eigenvalue weighted by Gasteiger charge is 2.19. The summed E-state index contributed by atoms with van der Waals surface area (Å²) in [6.45, 7) is 6.44. The number of allylic oxidation sites excluding steroid dienone is 16. The van der Waals surface area contributed by atoms with Gasteiger partial charge in [0.1, 0.15) is 13.2 Å². The van der Waals surface area contributed by atoms with Crippen LogP contribution < -0.4 is 0 Å². The average molecular weight is 917 g/mol. The molecule has 66 heavy (non-hydrogen) atoms. The Morgan fingerprint density at radius 3 is 0.985 bits per heavy atom. The molecule has 1 atom stereocenters. The average Bonchev–Trinajstić information content (AvgIpc) is 3.31. The first-order valence-corrected chi connectivity index (χ1v) is 27.2. The van der Waals surface area contributed by atoms with Crippen molar-refractivity contribution >= 4 is 17.9 Å². The molecule has 0 rings (SSSR count). The van der Waals surface area contributed by atoms with Crippen molar-refractivity contribution in [2.24, 2.45) is 0 Å². The Hall–Kier alpha value is -3.67. The molecule has 1 unspecified atom stereocenters. The van der Waals surface area contributed by atoms with Crippen LogP contribution in [0.4, 0.5) is 0 Å². The van der Waals surface area contributed by atoms with Crippen molar-refractivity contribution in [1.82, 2.24) is 0 Å². The molecule has 0 aromatic rings. The van der Waals surface area contributed by atoms with E-state index in [0.29, 0.717) is 19.3 Å². The Balaban J connectivity index is 4.47. The molecule has 0 aliphatic heterocycles. The fraction of sp³-hybridized carbons (Fsp3) is 0.683. The molecular formula is C60H100O6. The van der Waals surface area contributed by atoms with Crippen LogP contribution in [0.15, 0.2) is 97.2 Å². The molecule has 0 spiro atoms. The molecule has 0 amide bonds. The van der Waals surface area contributed by atoms with Crippen molar-refractivity contribution in [1.29, 1.82) is 0 Å². The highest BCUT2D eigenvalue weighted by molar-refractivity contribution is 5.71. The predicted molar refractivity (Wildman–Crippen MR) is 284 cm³/mol. The van der Waals surface area contributed by atoms with Gasteiger partial charge in [-0.1, -0.05) is 221 Å². The molecule has 0 heterocycles. The van der Waals surface area contributed by atoms with Gasteiger partial charge in [-0.2, -0.15) is 0 Å². The van der Waals surface area contributed by atoms with Crippen molar-refractivity contribution in [3.05, 3.63) is 97.2 Å². The summed E-state index contributed by atoms with van der Waals surface area (Å²) in [5.74, 6) is -0.956. The van der Waals surface area contributed by atoms with Crippen LogP contribution in [-0.4, -0.2) is 37.2 Å². The van der Waals surface area contributed by atoms with Crippen LogP contribution in [0.1, 0.15) is 245 Å². The summed E-state index contributed by atoms with van der Waals surface area (Å²) in [6, 6.07) is 0. The molecule has 6 nitrogen and oxygen atoms in total. The molecule has 0 radical (unpaired) electrons. The Bertz CT molecular complexity index is 1330. The largest absolute Gasteiger partial charge is 0.462 e. The minimum atomic E-state index is -0.802. The van der Waals surface area contributed by atoms with E-state index in [9.17, 15) is 14.4 Å². The van der Waals surface area contributed by atoms with E-state index in [0.717, 1.165) is 122 Å². The number of rotatable bonds is 48. The van der Waals surface area contributed by atoms with Crippen LogP contribution in [0.3, 0.4) is 0 Å². The molecule has 6 heteroatoms. The molecule has 0 bridgehead atoms. The Labute approximate surface area is 407 Å². The van der Waals surface area contributed by atoms with E-state index in [4.69, 9.17) is 14.2 Å². The van der Waals surface area contributed by atoms with E-state index >= 15 is 0 Å². The minimum Gasteiger partial charge on any atom is -0.462 e. The first kappa shape index (κ1) is 62.3. The van der Waals surface area contributed by atoms with Gasteiger partial charge in [0.2, 0.25) is 0 Å². The smallest absolute Gasteiger partial charge is 0.306 e. The number of ether oxygens (including phenoxy) is 3. The van der Waals surface area contributed by atoms with Crippen LogP contribution in [0.2, 0.25) is 0 Å². The number of hydrogen-bond acceptors (Lipinski definition) is 6. The molecule has 0 aliphatic carbocycles. The fourth-order valence-corrected chi connectivity index (χ4v) is 7.24. The zero-order valence-corrected chi connectivity index (χ0v) is 42.9. The Morgan fingerprint density at radius 1 is 0.318 bits per heavy atom. The third-order valence-corrected chi connectivity index (χ3v) is 11.3. The van der Waals surface area contributed by atoms with Crippen molar-refractivity contribution in [2.75, 3.05) is 13.2 Å². The summed E-state index contributed by atoms with van der Waals surface area (Å²) >= 11 is 0. The first-order valence-electron chi connectivity index (χ1n) is 27.2. The van der Waals surface area contributed by atoms with Crippen LogP contribution in [-0.2, 0) is 28.6 Å². The minimum absolute atomic E-state index is 0.0963. The maximum absolute atomic E-state index is 12.8. The van der Waals surface area contributed by atoms with E-state index < -0.39 is 6.10 Å². The number of hydrogen-bond donors (Lipinski definition) is 0. The predicted octanol–water partition coefficient (Wildman–Crippen LogP) is 18.1. The van der Waals surface area contributed by atoms with Gasteiger partial charge in [0.15, 0.2) is 6.10 Å². The maximum Gasteiger partial charge on any atom is 0.306 e. The zero-order valence-electron chi connectivity index (χ0n) is 42.9. The second kappa shape index (κ2) is 53.9. The lowest BCUT2D eigenvalue weighted by Gasteiger charge is -2.18. The normalized spacial score (nSPS) is 12.8. The molecule has 0 saturated heterocycles. The molecular weight excluding hydrogens is 817 g/mol. The third kappa shape index (κ3) is 51.3. The molecule has 0 fully saturated rings. The summed E-state index contributed by atoms with van der Waals surface area (Å²) in [7, 11) is 0. The van der Waals surface area contributed by atoms with Crippen molar-refractivity contribution in [3.8, 4) is 0 Å². The van der Waals surface area contributed by atoms with Crippen molar-refractivity contribution in [3.63, 3.8) is 0 Å². The van der Waals surface area contributed by atoms with Gasteiger partial charge in [-0.25, -0.2) is 0 Å². The Kier molecular flexibility index (Phi) is 50.9. The van der Waals surface area contributed by atoms with Crippen LogP contribution in [0, 0.1) is 0 Å². The second-order valence-electron chi connectivity index (χ2n) is 17.8. The van der Waals surface area contributed by atoms with E-state index in [1.54, 1.807) is 0 Å². The van der Waals surface area contributed by atoms with Crippen molar-refractivity contribution < 1.29 is 28.6 Å². The van der Waals surface area contributed by atoms with E-state index in [-0.39, 0.29) is 31.1 Å². The fourth-order valence-electron chi connectivity index (χ4n) is 7.24. The van der Waals surface area contributed by atoms with E-state index in [1.165, 1.54) is 83.5 Å². The van der Waals surface area contributed by atoms with Gasteiger partial charge in [0, 0.05) is 19.3 Å². The van der Waals surface area contributed by atoms with Gasteiger partial charge in [-0.05, 0) is 103 Å². The SMILES string of the molecule is CC/C=C\C/C=C\C/C=C\C/C=C\C/C=C\C/C=C\CCCCC(=O)OCC(COC(=O)CCCCCCCCCCCCCC)OC(=O)CCCCCCC/C=C\C/C=C\CCCCC. The van der Waals surface area contributed by atoms with E-state index in [2.05, 4.69) is 118 Å². The summed E-state index contributed by atoms with van der Waals surface area (Å²) in [5.41, 5.74) is 0. The quantitative estimate of drug-likeness (QED) is 0.0262. The monoisotopic (exact) mass is 917 g/mol. The highest BCUT2D eigenvalue weighted by Crippen LogP contribution is 2.14. The number of carbonyl (C=O) groups is 3. The number of esters is 3. The Morgan fingerprint density at radius 2 is 0.591 bits per heavy atom. The third-order valence-electron chi connectivity index (χ3n) is 11.3. The van der Waals surface area contributed by atoms with Crippen LogP contribution in [0.25, 0.3) is 0 Å². The van der Waals surface area contributed by atoms with Crippen molar-refractivity contribution in [2.45, 2.75) is 252 Å². The summed E-state index contributed by atoms with van der Waals surface area (Å²) < 4.78 is 16.8. The molecule has 0 aromatic heterocycles. The molecule has 0 saturated carbocycles. The second-order valence-corrected chi connectivity index (χ2v) is 17.8. The maximum atomic E-state index is 12.8. The lowest BCUT2D eigenvalue weighted by Crippen LogP contribution is -2.30. The van der Waals surface area contributed by atoms with Gasteiger partial charge in [-0.15, -0.1) is 0 Å². The standard InChI is InChI=1S/C60H100O6/c1-4-7-10-13-16-19-22-25-27-28-29-30-31-32-34-35-38-41-44-47-50-53-59(62)65-56-57(55-64-58(61)52-49-46-43-40-37-24-21-18-15-12-9-6-3)66-60(63)54-51-48-45-42-39-36-33-26-23-20-17-14-11-8-5-2/h7,10,16-17,19-20,25-27,29-30,32-34,38,41,57H,4-6,8-9,11-15,18,21-24,28,31,35-37,39-40,42-56H2,1-3H3/b10-7-,19-16-,20-17-,27-25-,30-29-,33-26-,34-32-,41-38-. The molecule has 0 aromatic carbocycles. The van der Waals surface area contributed by atoms with E-state index in [1.807, 2.05) is 0 Å². The van der Waals surface area contributed by atoms with Gasteiger partial charge in [0.25, 0.3) is 0 Å². The van der Waals surface area contributed by atoms with Crippen LogP contribution in [0.5, 0.6) is 0 Å². The van der Waals surface area contributed by atoms with Gasteiger partial charge in [0.05, 0.1) is 0 Å². The molecule has 0 aliphatic rings. The topological polar surface area (TPSA) is 78.9 Å². The number of unbranched alkanes of at least 4 members (excludes halogenated alkanes) is 21. The molecule has 0 N–H and O–H groups in total. The molecule has 376 valence electrons. The summed E-state index contributed by atoms with van der Waals surface area (Å²) in [4.78, 5) is 38.0. The van der Waals surface area contributed by atoms with Gasteiger partial charge in [-0.3, -0.25) is 14.4 Å². The number of carbonyl (C=O) groups excluding carboxylic acids is 3. The summed E-state index contributed by atoms with van der Waals surface area (Å²) in [6.07, 6.45) is 71.0. The summed E-state index contributed by atoms with van der Waals surface area (Å²) in [5, 5.41) is 0.